The summed E-state index contributed by atoms with van der Waals surface area (Å²) in [7, 11) is 0. The Morgan fingerprint density at radius 2 is 2.20 bits per heavy atom. The first-order valence-corrected chi connectivity index (χ1v) is 6.52. The number of thioether (sulfide) groups is 1. The molecule has 1 saturated heterocycles. The van der Waals surface area contributed by atoms with Crippen LogP contribution in [0.2, 0.25) is 0 Å². The maximum Gasteiger partial charge on any atom is 0.324 e. The normalized spacial score (nSPS) is 22.1. The van der Waals surface area contributed by atoms with E-state index in [4.69, 9.17) is 0 Å². The fourth-order valence-electron chi connectivity index (χ4n) is 2.03. The number of rotatable bonds is 3. The molecule has 1 N–H and O–H groups in total. The number of urea groups is 1. The standard InChI is InChI=1S/C10H16N2O2S/c13-9(12-6-5-11-10(12)14)7-15-8-3-1-2-4-8/h8H,1-7H2,(H,11,14). The summed E-state index contributed by atoms with van der Waals surface area (Å²) in [5.74, 6) is 0.417. The molecule has 1 heterocycles. The summed E-state index contributed by atoms with van der Waals surface area (Å²) in [5, 5.41) is 3.27. The van der Waals surface area contributed by atoms with Crippen molar-refractivity contribution in [2.24, 2.45) is 0 Å². The molecule has 0 radical (unpaired) electrons. The summed E-state index contributed by atoms with van der Waals surface area (Å²) >= 11 is 1.71. The van der Waals surface area contributed by atoms with E-state index in [1.807, 2.05) is 0 Å². The van der Waals surface area contributed by atoms with Gasteiger partial charge in [0.15, 0.2) is 0 Å². The lowest BCUT2D eigenvalue weighted by Crippen LogP contribution is -2.35. The number of carbonyl (C=O) groups excluding carboxylic acids is 2. The largest absolute Gasteiger partial charge is 0.336 e. The van der Waals surface area contributed by atoms with Crippen molar-refractivity contribution in [1.82, 2.24) is 10.2 Å². The Labute approximate surface area is 93.8 Å². The molecule has 2 rings (SSSR count). The van der Waals surface area contributed by atoms with Gasteiger partial charge >= 0.3 is 6.03 Å². The van der Waals surface area contributed by atoms with Crippen molar-refractivity contribution in [3.8, 4) is 0 Å². The fraction of sp³-hybridized carbons (Fsp3) is 0.800. The Morgan fingerprint density at radius 3 is 2.80 bits per heavy atom. The predicted octanol–water partition coefficient (Wildman–Crippen LogP) is 1.21. The van der Waals surface area contributed by atoms with Crippen molar-refractivity contribution in [2.45, 2.75) is 30.9 Å². The number of hydrogen-bond donors (Lipinski definition) is 1. The van der Waals surface area contributed by atoms with Crippen molar-refractivity contribution < 1.29 is 9.59 Å². The zero-order chi connectivity index (χ0) is 10.7. The molecule has 1 saturated carbocycles. The van der Waals surface area contributed by atoms with Crippen LogP contribution in [0.4, 0.5) is 4.79 Å². The highest BCUT2D eigenvalue weighted by atomic mass is 32.2. The van der Waals surface area contributed by atoms with Crippen LogP contribution in [0.5, 0.6) is 0 Å². The Kier molecular flexibility index (Phi) is 3.51. The minimum atomic E-state index is -0.230. The molecule has 5 heteroatoms. The maximum absolute atomic E-state index is 11.7. The van der Waals surface area contributed by atoms with Gasteiger partial charge in [-0.15, -0.1) is 11.8 Å². The average Bonchev–Trinajstić information content (AvgIpc) is 2.84. The molecule has 2 fully saturated rings. The number of amides is 3. The van der Waals surface area contributed by atoms with Gasteiger partial charge in [0.25, 0.3) is 0 Å². The van der Waals surface area contributed by atoms with Crippen LogP contribution in [0.15, 0.2) is 0 Å². The highest BCUT2D eigenvalue weighted by Crippen LogP contribution is 2.29. The predicted molar refractivity (Wildman–Crippen MR) is 59.8 cm³/mol. The summed E-state index contributed by atoms with van der Waals surface area (Å²) in [5.41, 5.74) is 0. The van der Waals surface area contributed by atoms with Crippen LogP contribution in [0.3, 0.4) is 0 Å². The van der Waals surface area contributed by atoms with Crippen LogP contribution in [0, 0.1) is 0 Å². The van der Waals surface area contributed by atoms with Crippen molar-refractivity contribution >= 4 is 23.7 Å². The smallest absolute Gasteiger partial charge is 0.324 e. The van der Waals surface area contributed by atoms with Crippen LogP contribution in [0.1, 0.15) is 25.7 Å². The summed E-state index contributed by atoms with van der Waals surface area (Å²) < 4.78 is 0. The Bertz CT molecular complexity index is 264. The maximum atomic E-state index is 11.7. The molecule has 0 aromatic carbocycles. The monoisotopic (exact) mass is 228 g/mol. The number of carbonyl (C=O) groups is 2. The second-order valence-corrected chi connectivity index (χ2v) is 5.28. The number of imide groups is 1. The molecule has 0 atom stereocenters. The highest BCUT2D eigenvalue weighted by molar-refractivity contribution is 8.00. The van der Waals surface area contributed by atoms with E-state index in [0.717, 1.165) is 0 Å². The minimum absolute atomic E-state index is 0.0399. The second kappa shape index (κ2) is 4.88. The van der Waals surface area contributed by atoms with Gasteiger partial charge in [-0.25, -0.2) is 4.79 Å². The van der Waals surface area contributed by atoms with Gasteiger partial charge in [-0.05, 0) is 12.8 Å². The molecule has 15 heavy (non-hydrogen) atoms. The van der Waals surface area contributed by atoms with E-state index in [0.29, 0.717) is 24.1 Å². The van der Waals surface area contributed by atoms with Gasteiger partial charge < -0.3 is 5.32 Å². The Hall–Kier alpha value is -0.710. The van der Waals surface area contributed by atoms with Crippen LogP contribution < -0.4 is 5.32 Å². The van der Waals surface area contributed by atoms with Crippen molar-refractivity contribution in [3.05, 3.63) is 0 Å². The van der Waals surface area contributed by atoms with Crippen molar-refractivity contribution in [3.63, 3.8) is 0 Å². The number of nitrogens with one attached hydrogen (secondary N) is 1. The van der Waals surface area contributed by atoms with E-state index in [9.17, 15) is 9.59 Å². The molecular weight excluding hydrogens is 212 g/mol. The lowest BCUT2D eigenvalue weighted by molar-refractivity contribution is -0.124. The Morgan fingerprint density at radius 1 is 1.47 bits per heavy atom. The van der Waals surface area contributed by atoms with Gasteiger partial charge in [-0.1, -0.05) is 12.8 Å². The zero-order valence-corrected chi connectivity index (χ0v) is 9.52. The van der Waals surface area contributed by atoms with E-state index >= 15 is 0 Å². The molecule has 1 aliphatic carbocycles. The molecule has 1 aliphatic heterocycles. The van der Waals surface area contributed by atoms with Gasteiger partial charge in [0.05, 0.1) is 5.75 Å². The molecule has 4 nitrogen and oxygen atoms in total. The molecule has 0 spiro atoms. The quantitative estimate of drug-likeness (QED) is 0.790. The summed E-state index contributed by atoms with van der Waals surface area (Å²) in [6, 6.07) is -0.230. The van der Waals surface area contributed by atoms with Gasteiger partial charge in [-0.3, -0.25) is 9.69 Å². The SMILES string of the molecule is O=C(CSC1CCCC1)N1CCNC1=O. The first kappa shape index (κ1) is 10.8. The molecule has 84 valence electrons. The number of hydrogen-bond acceptors (Lipinski definition) is 3. The van der Waals surface area contributed by atoms with E-state index in [2.05, 4.69) is 5.32 Å². The van der Waals surface area contributed by atoms with Gasteiger partial charge in [0.1, 0.15) is 0 Å². The third kappa shape index (κ3) is 2.65. The first-order chi connectivity index (χ1) is 7.27. The van der Waals surface area contributed by atoms with Crippen LogP contribution in [-0.4, -0.2) is 40.9 Å². The van der Waals surface area contributed by atoms with Gasteiger partial charge in [-0.2, -0.15) is 0 Å². The Balaban J connectivity index is 1.74. The molecule has 0 bridgehead atoms. The third-order valence-corrected chi connectivity index (χ3v) is 4.26. The minimum Gasteiger partial charge on any atom is -0.336 e. The van der Waals surface area contributed by atoms with Gasteiger partial charge in [0, 0.05) is 18.3 Å². The average molecular weight is 228 g/mol. The summed E-state index contributed by atoms with van der Waals surface area (Å²) in [6.45, 7) is 1.13. The first-order valence-electron chi connectivity index (χ1n) is 5.47. The van der Waals surface area contributed by atoms with E-state index in [-0.39, 0.29) is 11.9 Å². The highest BCUT2D eigenvalue weighted by Gasteiger charge is 2.26. The topological polar surface area (TPSA) is 49.4 Å². The van der Waals surface area contributed by atoms with Crippen LogP contribution in [-0.2, 0) is 4.79 Å². The van der Waals surface area contributed by atoms with E-state index < -0.39 is 0 Å². The van der Waals surface area contributed by atoms with Crippen molar-refractivity contribution in [1.29, 1.82) is 0 Å². The van der Waals surface area contributed by atoms with Gasteiger partial charge in [0.2, 0.25) is 5.91 Å². The molecule has 2 aliphatic rings. The lowest BCUT2D eigenvalue weighted by Gasteiger charge is -2.13. The van der Waals surface area contributed by atoms with Crippen LogP contribution in [0.25, 0.3) is 0 Å². The lowest BCUT2D eigenvalue weighted by atomic mass is 10.4. The molecule has 3 amide bonds. The molecule has 0 aromatic heterocycles. The summed E-state index contributed by atoms with van der Waals surface area (Å²) in [4.78, 5) is 24.2. The zero-order valence-electron chi connectivity index (χ0n) is 8.70. The fourth-order valence-corrected chi connectivity index (χ4v) is 3.23. The molecule has 0 aromatic rings. The summed E-state index contributed by atoms with van der Waals surface area (Å²) in [6.07, 6.45) is 5.03. The van der Waals surface area contributed by atoms with E-state index in [1.165, 1.54) is 30.6 Å². The molecular formula is C10H16N2O2S. The van der Waals surface area contributed by atoms with Crippen molar-refractivity contribution in [2.75, 3.05) is 18.8 Å². The van der Waals surface area contributed by atoms with Crippen LogP contribution >= 0.6 is 11.8 Å². The van der Waals surface area contributed by atoms with E-state index in [1.54, 1.807) is 11.8 Å². The second-order valence-electron chi connectivity index (χ2n) is 3.99. The number of nitrogens with zero attached hydrogens (tertiary/aromatic N) is 1. The molecule has 0 unspecified atom stereocenters. The third-order valence-electron chi connectivity index (χ3n) is 2.90.